The van der Waals surface area contributed by atoms with E-state index in [-0.39, 0.29) is 6.03 Å². The molecule has 0 saturated carbocycles. The van der Waals surface area contributed by atoms with Crippen molar-refractivity contribution in [2.45, 2.75) is 0 Å². The molecule has 1 rings (SSSR count). The number of rotatable bonds is 7. The van der Waals surface area contributed by atoms with E-state index in [1.807, 2.05) is 0 Å². The first-order valence-electron chi connectivity index (χ1n) is 6.07. The van der Waals surface area contributed by atoms with Crippen molar-refractivity contribution in [3.8, 4) is 0 Å². The van der Waals surface area contributed by atoms with Crippen molar-refractivity contribution in [2.24, 2.45) is 0 Å². The van der Waals surface area contributed by atoms with Crippen LogP contribution in [0.25, 0.3) is 0 Å². The monoisotopic (exact) mass is 320 g/mol. The normalized spacial score (nSPS) is 10.4. The zero-order valence-corrected chi connectivity index (χ0v) is 13.0. The van der Waals surface area contributed by atoms with Crippen LogP contribution in [0.1, 0.15) is 0 Å². The van der Waals surface area contributed by atoms with Crippen LogP contribution in [0.2, 0.25) is 10.0 Å². The lowest BCUT2D eigenvalue weighted by molar-refractivity contribution is 0.127. The molecular formula is C13H18Cl2N2O3. The molecule has 5 nitrogen and oxygen atoms in total. The number of carbonyl (C=O) groups is 1. The molecule has 1 aromatic rings. The standard InChI is InChI=1S/C13H18Cl2N2O3/c1-19-7-5-17(6-8-20-2)13(18)16-12-4-3-10(14)9-11(12)15/h3-4,9H,5-8H2,1-2H3,(H,16,18). The number of urea groups is 1. The minimum atomic E-state index is -0.261. The number of anilines is 1. The van der Waals surface area contributed by atoms with E-state index in [0.717, 1.165) is 0 Å². The van der Waals surface area contributed by atoms with Gasteiger partial charge in [0, 0.05) is 32.3 Å². The van der Waals surface area contributed by atoms with Gasteiger partial charge in [-0.25, -0.2) is 4.79 Å². The van der Waals surface area contributed by atoms with Crippen molar-refractivity contribution in [2.75, 3.05) is 45.8 Å². The summed E-state index contributed by atoms with van der Waals surface area (Å²) in [5.74, 6) is 0. The predicted molar refractivity (Wildman–Crippen MR) is 80.8 cm³/mol. The number of amides is 2. The molecule has 1 aromatic carbocycles. The molecule has 0 aromatic heterocycles. The van der Waals surface area contributed by atoms with Gasteiger partial charge in [0.2, 0.25) is 0 Å². The van der Waals surface area contributed by atoms with E-state index >= 15 is 0 Å². The fourth-order valence-electron chi connectivity index (χ4n) is 1.50. The third-order valence-electron chi connectivity index (χ3n) is 2.59. The molecule has 0 bridgehead atoms. The van der Waals surface area contributed by atoms with Gasteiger partial charge in [-0.3, -0.25) is 0 Å². The van der Waals surface area contributed by atoms with Crippen LogP contribution in [-0.4, -0.2) is 51.5 Å². The average molecular weight is 321 g/mol. The van der Waals surface area contributed by atoms with Crippen LogP contribution in [0.15, 0.2) is 18.2 Å². The number of hydrogen-bond donors (Lipinski definition) is 1. The zero-order chi connectivity index (χ0) is 15.0. The van der Waals surface area contributed by atoms with Gasteiger partial charge >= 0.3 is 6.03 Å². The Hall–Kier alpha value is -1.01. The summed E-state index contributed by atoms with van der Waals surface area (Å²) in [4.78, 5) is 13.8. The number of hydrogen-bond acceptors (Lipinski definition) is 3. The largest absolute Gasteiger partial charge is 0.383 e. The maximum absolute atomic E-state index is 12.2. The highest BCUT2D eigenvalue weighted by atomic mass is 35.5. The summed E-state index contributed by atoms with van der Waals surface area (Å²) in [6.45, 7) is 1.84. The van der Waals surface area contributed by atoms with Crippen LogP contribution < -0.4 is 5.32 Å². The fraction of sp³-hybridized carbons (Fsp3) is 0.462. The summed E-state index contributed by atoms with van der Waals surface area (Å²) >= 11 is 11.8. The molecule has 0 saturated heterocycles. The summed E-state index contributed by atoms with van der Waals surface area (Å²) in [6, 6.07) is 4.64. The van der Waals surface area contributed by atoms with E-state index in [4.69, 9.17) is 32.7 Å². The van der Waals surface area contributed by atoms with Crippen molar-refractivity contribution in [1.82, 2.24) is 4.90 Å². The van der Waals surface area contributed by atoms with Crippen molar-refractivity contribution >= 4 is 34.9 Å². The zero-order valence-electron chi connectivity index (χ0n) is 11.5. The summed E-state index contributed by atoms with van der Waals surface area (Å²) in [6.07, 6.45) is 0. The van der Waals surface area contributed by atoms with Gasteiger partial charge in [0.25, 0.3) is 0 Å². The van der Waals surface area contributed by atoms with Crippen LogP contribution in [0.3, 0.4) is 0 Å². The van der Waals surface area contributed by atoms with Crippen molar-refractivity contribution < 1.29 is 14.3 Å². The molecule has 20 heavy (non-hydrogen) atoms. The number of ether oxygens (including phenoxy) is 2. The summed E-state index contributed by atoms with van der Waals surface area (Å²) in [5.41, 5.74) is 0.515. The molecule has 112 valence electrons. The van der Waals surface area contributed by atoms with E-state index in [9.17, 15) is 4.79 Å². The lowest BCUT2D eigenvalue weighted by Gasteiger charge is -2.22. The maximum atomic E-state index is 12.2. The van der Waals surface area contributed by atoms with Crippen LogP contribution in [0.4, 0.5) is 10.5 Å². The average Bonchev–Trinajstić information content (AvgIpc) is 2.42. The van der Waals surface area contributed by atoms with Crippen LogP contribution >= 0.6 is 23.2 Å². The number of carbonyl (C=O) groups excluding carboxylic acids is 1. The molecule has 2 amide bonds. The highest BCUT2D eigenvalue weighted by Gasteiger charge is 2.14. The number of methoxy groups -OCH3 is 2. The Morgan fingerprint density at radius 3 is 2.30 bits per heavy atom. The number of nitrogens with zero attached hydrogens (tertiary/aromatic N) is 1. The fourth-order valence-corrected chi connectivity index (χ4v) is 1.96. The number of benzene rings is 1. The van der Waals surface area contributed by atoms with Gasteiger partial charge in [0.15, 0.2) is 0 Å². The second-order valence-corrected chi connectivity index (χ2v) is 4.87. The van der Waals surface area contributed by atoms with Gasteiger partial charge in [-0.2, -0.15) is 0 Å². The Morgan fingerprint density at radius 1 is 1.20 bits per heavy atom. The maximum Gasteiger partial charge on any atom is 0.322 e. The minimum Gasteiger partial charge on any atom is -0.383 e. The first-order valence-corrected chi connectivity index (χ1v) is 6.83. The molecular weight excluding hydrogens is 303 g/mol. The molecule has 0 unspecified atom stereocenters. The molecule has 0 spiro atoms. The van der Waals surface area contributed by atoms with E-state index < -0.39 is 0 Å². The van der Waals surface area contributed by atoms with E-state index in [2.05, 4.69) is 5.32 Å². The third-order valence-corrected chi connectivity index (χ3v) is 3.14. The molecule has 0 aliphatic heterocycles. The molecule has 0 atom stereocenters. The Kier molecular flexibility index (Phi) is 7.69. The van der Waals surface area contributed by atoms with Gasteiger partial charge in [-0.05, 0) is 18.2 Å². The van der Waals surface area contributed by atoms with E-state index in [1.165, 1.54) is 0 Å². The molecule has 0 aliphatic rings. The molecule has 1 N–H and O–H groups in total. The Balaban J connectivity index is 2.68. The molecule has 0 heterocycles. The van der Waals surface area contributed by atoms with Crippen molar-refractivity contribution in [1.29, 1.82) is 0 Å². The van der Waals surface area contributed by atoms with Crippen molar-refractivity contribution in [3.63, 3.8) is 0 Å². The number of nitrogens with one attached hydrogen (secondary N) is 1. The SMILES string of the molecule is COCCN(CCOC)C(=O)Nc1ccc(Cl)cc1Cl. The Bertz CT molecular complexity index is 436. The van der Waals surface area contributed by atoms with Gasteiger partial charge in [-0.15, -0.1) is 0 Å². The Morgan fingerprint density at radius 2 is 1.80 bits per heavy atom. The van der Waals surface area contributed by atoms with E-state index in [1.54, 1.807) is 37.3 Å². The van der Waals surface area contributed by atoms with Gasteiger partial charge in [0.1, 0.15) is 0 Å². The summed E-state index contributed by atoms with van der Waals surface area (Å²) in [7, 11) is 3.17. The second kappa shape index (κ2) is 9.02. The highest BCUT2D eigenvalue weighted by molar-refractivity contribution is 6.36. The molecule has 7 heteroatoms. The predicted octanol–water partition coefficient (Wildman–Crippen LogP) is 3.12. The van der Waals surface area contributed by atoms with Crippen LogP contribution in [0.5, 0.6) is 0 Å². The van der Waals surface area contributed by atoms with Crippen molar-refractivity contribution in [3.05, 3.63) is 28.2 Å². The van der Waals surface area contributed by atoms with Gasteiger partial charge in [-0.1, -0.05) is 23.2 Å². The molecule has 0 aliphatic carbocycles. The van der Waals surface area contributed by atoms with E-state index in [0.29, 0.717) is 42.0 Å². The first-order chi connectivity index (χ1) is 9.58. The minimum absolute atomic E-state index is 0.261. The molecule has 0 radical (unpaired) electrons. The quantitative estimate of drug-likeness (QED) is 0.839. The topological polar surface area (TPSA) is 50.8 Å². The van der Waals surface area contributed by atoms with Gasteiger partial charge in [0.05, 0.1) is 23.9 Å². The van der Waals surface area contributed by atoms with Crippen LogP contribution in [-0.2, 0) is 9.47 Å². The molecule has 0 fully saturated rings. The second-order valence-electron chi connectivity index (χ2n) is 4.03. The smallest absolute Gasteiger partial charge is 0.322 e. The third kappa shape index (κ3) is 5.54. The summed E-state index contributed by atoms with van der Waals surface area (Å²) in [5, 5.41) is 3.65. The van der Waals surface area contributed by atoms with Crippen LogP contribution in [0, 0.1) is 0 Å². The van der Waals surface area contributed by atoms with Gasteiger partial charge < -0.3 is 19.7 Å². The lowest BCUT2D eigenvalue weighted by atomic mass is 10.3. The lowest BCUT2D eigenvalue weighted by Crippen LogP contribution is -2.39. The summed E-state index contributed by atoms with van der Waals surface area (Å²) < 4.78 is 9.97. The first kappa shape index (κ1) is 17.0. The highest BCUT2D eigenvalue weighted by Crippen LogP contribution is 2.25. The Labute approximate surface area is 128 Å². The number of halogens is 2.